The Morgan fingerprint density at radius 2 is 2.20 bits per heavy atom. The van der Waals surface area contributed by atoms with E-state index in [1.165, 1.54) is 0 Å². The number of thiophene rings is 1. The number of aryl methyl sites for hydroxylation is 1. The number of nitrogens with zero attached hydrogens (tertiary/aromatic N) is 3. The topological polar surface area (TPSA) is 71.1 Å². The minimum atomic E-state index is -0.430. The van der Waals surface area contributed by atoms with E-state index >= 15 is 0 Å². The molecule has 3 aromatic rings. The van der Waals surface area contributed by atoms with E-state index in [-0.39, 0.29) is 18.0 Å². The van der Waals surface area contributed by atoms with Crippen LogP contribution in [0.15, 0.2) is 42.2 Å². The van der Waals surface area contributed by atoms with Gasteiger partial charge in [0.1, 0.15) is 5.60 Å². The number of rotatable bonds is 4. The van der Waals surface area contributed by atoms with Gasteiger partial charge in [-0.1, -0.05) is 6.07 Å². The maximum Gasteiger partial charge on any atom is 0.255 e. The van der Waals surface area contributed by atoms with Crippen LogP contribution in [-0.2, 0) is 10.3 Å². The van der Waals surface area contributed by atoms with Crippen LogP contribution in [0.4, 0.5) is 0 Å². The van der Waals surface area contributed by atoms with Crippen LogP contribution in [0.25, 0.3) is 10.4 Å². The van der Waals surface area contributed by atoms with Gasteiger partial charge in [-0.05, 0) is 50.3 Å². The van der Waals surface area contributed by atoms with Crippen molar-refractivity contribution in [2.24, 2.45) is 0 Å². The Kier molecular flexibility index (Phi) is 4.95. The second-order valence-electron chi connectivity index (χ2n) is 8.39. The van der Waals surface area contributed by atoms with Gasteiger partial charge in [0.25, 0.3) is 5.91 Å². The first-order chi connectivity index (χ1) is 14.6. The summed E-state index contributed by atoms with van der Waals surface area (Å²) in [5.74, 6) is 0.137. The predicted octanol–water partition coefficient (Wildman–Crippen LogP) is 4.54. The normalized spacial score (nSPS) is 26.0. The molecule has 2 bridgehead atoms. The molecule has 1 amide bonds. The maximum absolute atomic E-state index is 13.6. The molecule has 0 aromatic carbocycles. The summed E-state index contributed by atoms with van der Waals surface area (Å²) in [5.41, 5.74) is 3.53. The van der Waals surface area contributed by atoms with E-state index < -0.39 is 5.60 Å². The summed E-state index contributed by atoms with van der Waals surface area (Å²) >= 11 is 1.59. The molecular weight excluding hydrogens is 396 g/mol. The van der Waals surface area contributed by atoms with Crippen molar-refractivity contribution < 1.29 is 9.53 Å². The molecule has 0 saturated carbocycles. The Labute approximate surface area is 180 Å². The van der Waals surface area contributed by atoms with E-state index in [1.807, 2.05) is 29.9 Å². The van der Waals surface area contributed by atoms with E-state index in [2.05, 4.69) is 28.1 Å². The average molecular weight is 423 g/mol. The van der Waals surface area contributed by atoms with Crippen molar-refractivity contribution in [1.29, 1.82) is 0 Å². The van der Waals surface area contributed by atoms with Crippen molar-refractivity contribution in [1.82, 2.24) is 20.1 Å². The van der Waals surface area contributed by atoms with Crippen molar-refractivity contribution in [3.63, 3.8) is 0 Å². The third kappa shape index (κ3) is 3.17. The predicted molar refractivity (Wildman–Crippen MR) is 116 cm³/mol. The number of nitrogens with one attached hydrogen (secondary N) is 1. The van der Waals surface area contributed by atoms with Crippen LogP contribution in [0.1, 0.15) is 53.7 Å². The second-order valence-corrected chi connectivity index (χ2v) is 9.31. The quantitative estimate of drug-likeness (QED) is 0.670. The van der Waals surface area contributed by atoms with Gasteiger partial charge in [-0.25, -0.2) is 0 Å². The molecule has 7 heteroatoms. The number of pyridine rings is 1. The van der Waals surface area contributed by atoms with E-state index in [9.17, 15) is 4.79 Å². The molecule has 2 aliphatic heterocycles. The number of aromatic amines is 1. The average Bonchev–Trinajstić information content (AvgIpc) is 3.48. The highest BCUT2D eigenvalue weighted by Gasteiger charge is 2.48. The highest BCUT2D eigenvalue weighted by molar-refractivity contribution is 7.13. The fourth-order valence-electron chi connectivity index (χ4n) is 5.25. The molecule has 6 nitrogen and oxygen atoms in total. The largest absolute Gasteiger partial charge is 0.372 e. The van der Waals surface area contributed by atoms with Crippen LogP contribution >= 0.6 is 11.3 Å². The number of carbonyl (C=O) groups excluding carboxylic acids is 1. The third-order valence-corrected chi connectivity index (χ3v) is 7.74. The second kappa shape index (κ2) is 7.63. The first kappa shape index (κ1) is 19.5. The summed E-state index contributed by atoms with van der Waals surface area (Å²) in [7, 11) is 1.79. The first-order valence-electron chi connectivity index (χ1n) is 10.5. The van der Waals surface area contributed by atoms with E-state index in [4.69, 9.17) is 9.72 Å². The molecule has 5 heterocycles. The molecule has 3 unspecified atom stereocenters. The van der Waals surface area contributed by atoms with Crippen LogP contribution in [-0.4, -0.2) is 45.2 Å². The minimum Gasteiger partial charge on any atom is -0.372 e. The molecule has 2 aliphatic rings. The van der Waals surface area contributed by atoms with Crippen LogP contribution in [0, 0.1) is 6.92 Å². The van der Waals surface area contributed by atoms with Gasteiger partial charge in [-0.15, -0.1) is 11.3 Å². The number of amides is 1. The third-order valence-electron chi connectivity index (χ3n) is 6.76. The number of H-pyrrole nitrogens is 1. The standard InChI is InChI=1S/C23H26N4O2S/c1-15-4-3-9-24-21(15)23(29-2)8-7-18-5-6-19(11-23)27(18)22(28)16-10-20(30-14-16)17-12-25-26-13-17/h3-4,9-10,12-14,18-19H,5-8,11H2,1-2H3,(H,25,26). The molecule has 3 atom stereocenters. The number of carbonyl (C=O) groups is 1. The summed E-state index contributed by atoms with van der Waals surface area (Å²) in [6.45, 7) is 2.10. The summed E-state index contributed by atoms with van der Waals surface area (Å²) in [6.07, 6.45) is 10.2. The van der Waals surface area contributed by atoms with Crippen LogP contribution in [0.5, 0.6) is 0 Å². The fourth-order valence-corrected chi connectivity index (χ4v) is 6.12. The van der Waals surface area contributed by atoms with Crippen molar-refractivity contribution >= 4 is 17.2 Å². The van der Waals surface area contributed by atoms with Gasteiger partial charge >= 0.3 is 0 Å². The van der Waals surface area contributed by atoms with Crippen molar-refractivity contribution in [3.05, 3.63) is 59.0 Å². The lowest BCUT2D eigenvalue weighted by Gasteiger charge is -2.35. The molecule has 2 fully saturated rings. The molecule has 3 aromatic heterocycles. The lowest BCUT2D eigenvalue weighted by Crippen LogP contribution is -2.41. The highest BCUT2D eigenvalue weighted by Crippen LogP contribution is 2.46. The van der Waals surface area contributed by atoms with Crippen LogP contribution < -0.4 is 0 Å². The van der Waals surface area contributed by atoms with Crippen LogP contribution in [0.2, 0.25) is 0 Å². The fraction of sp³-hybridized carbons (Fsp3) is 0.435. The number of methoxy groups -OCH3 is 1. The van der Waals surface area contributed by atoms with Gasteiger partial charge in [-0.3, -0.25) is 14.9 Å². The first-order valence-corrected chi connectivity index (χ1v) is 11.4. The van der Waals surface area contributed by atoms with Gasteiger partial charge in [0.2, 0.25) is 0 Å². The van der Waals surface area contributed by atoms with Gasteiger partial charge < -0.3 is 9.64 Å². The van der Waals surface area contributed by atoms with Gasteiger partial charge in [-0.2, -0.15) is 5.10 Å². The molecule has 0 radical (unpaired) electrons. The summed E-state index contributed by atoms with van der Waals surface area (Å²) in [4.78, 5) is 21.4. The molecule has 1 N–H and O–H groups in total. The lowest BCUT2D eigenvalue weighted by atomic mass is 9.82. The van der Waals surface area contributed by atoms with Gasteiger partial charge in [0.15, 0.2) is 0 Å². The minimum absolute atomic E-state index is 0.137. The molecule has 0 spiro atoms. The Bertz CT molecular complexity index is 1050. The Morgan fingerprint density at radius 1 is 1.33 bits per heavy atom. The maximum atomic E-state index is 13.6. The van der Waals surface area contributed by atoms with Crippen LogP contribution in [0.3, 0.4) is 0 Å². The smallest absolute Gasteiger partial charge is 0.255 e. The zero-order valence-electron chi connectivity index (χ0n) is 17.3. The molecule has 30 heavy (non-hydrogen) atoms. The van der Waals surface area contributed by atoms with Crippen molar-refractivity contribution in [3.8, 4) is 10.4 Å². The number of hydrogen-bond donors (Lipinski definition) is 1. The number of ether oxygens (including phenoxy) is 1. The van der Waals surface area contributed by atoms with E-state index in [0.29, 0.717) is 0 Å². The SMILES string of the molecule is COC1(c2ncccc2C)CCC2CCC(C1)N2C(=O)c1csc(-c2cn[nH]c2)c1. The number of hydrogen-bond acceptors (Lipinski definition) is 5. The van der Waals surface area contributed by atoms with E-state index in [0.717, 1.165) is 59.4 Å². The zero-order valence-corrected chi connectivity index (χ0v) is 18.1. The Balaban J connectivity index is 1.44. The van der Waals surface area contributed by atoms with Crippen molar-refractivity contribution in [2.45, 2.75) is 56.7 Å². The summed E-state index contributed by atoms with van der Waals surface area (Å²) in [5, 5.41) is 8.83. The molecular formula is C23H26N4O2S. The number of aromatic nitrogens is 3. The van der Waals surface area contributed by atoms with Crippen molar-refractivity contribution in [2.75, 3.05) is 7.11 Å². The van der Waals surface area contributed by atoms with Gasteiger partial charge in [0.05, 0.1) is 17.5 Å². The molecule has 156 valence electrons. The van der Waals surface area contributed by atoms with Gasteiger partial charge in [0, 0.05) is 53.8 Å². The summed E-state index contributed by atoms with van der Waals surface area (Å²) < 4.78 is 6.16. The Hall–Kier alpha value is -2.51. The Morgan fingerprint density at radius 3 is 2.97 bits per heavy atom. The molecule has 2 saturated heterocycles. The highest BCUT2D eigenvalue weighted by atomic mass is 32.1. The summed E-state index contributed by atoms with van der Waals surface area (Å²) in [6, 6.07) is 6.49. The molecule has 0 aliphatic carbocycles. The lowest BCUT2D eigenvalue weighted by molar-refractivity contribution is -0.0401. The number of fused-ring (bicyclic) bond motifs is 2. The molecule has 5 rings (SSSR count). The van der Waals surface area contributed by atoms with E-state index in [1.54, 1.807) is 24.6 Å². The zero-order chi connectivity index (χ0) is 20.7. The monoisotopic (exact) mass is 422 g/mol.